The van der Waals surface area contributed by atoms with Crippen molar-refractivity contribution in [3.63, 3.8) is 0 Å². The summed E-state index contributed by atoms with van der Waals surface area (Å²) in [4.78, 5) is 11.8. The van der Waals surface area contributed by atoms with E-state index in [4.69, 9.17) is 4.74 Å². The number of anilines is 1. The fourth-order valence-corrected chi connectivity index (χ4v) is 2.23. The number of nitrogens with one attached hydrogen (secondary N) is 1. The molecule has 4 heteroatoms. The zero-order valence-corrected chi connectivity index (χ0v) is 13.4. The lowest BCUT2D eigenvalue weighted by Gasteiger charge is -2.07. The number of rotatable bonds is 5. The Labute approximate surface area is 132 Å². The molecule has 0 heterocycles. The Morgan fingerprint density at radius 1 is 1.20 bits per heavy atom. The molecule has 0 bridgehead atoms. The van der Waals surface area contributed by atoms with E-state index in [1.54, 1.807) is 0 Å². The molecule has 0 aliphatic rings. The van der Waals surface area contributed by atoms with Crippen LogP contribution in [0, 0.1) is 10.5 Å². The van der Waals surface area contributed by atoms with Gasteiger partial charge in [0.05, 0.1) is 13.0 Å². The van der Waals surface area contributed by atoms with Crippen LogP contribution in [-0.4, -0.2) is 12.5 Å². The Bertz CT molecular complexity index is 581. The van der Waals surface area contributed by atoms with E-state index in [1.807, 2.05) is 55.5 Å². The van der Waals surface area contributed by atoms with Crippen LogP contribution in [0.4, 0.5) is 5.69 Å². The Morgan fingerprint density at radius 3 is 2.65 bits per heavy atom. The van der Waals surface area contributed by atoms with Gasteiger partial charge in [-0.15, -0.1) is 0 Å². The molecule has 0 spiro atoms. The molecule has 1 N–H and O–H groups in total. The van der Waals surface area contributed by atoms with Crippen LogP contribution >= 0.6 is 22.6 Å². The highest BCUT2D eigenvalue weighted by molar-refractivity contribution is 14.1. The molecular weight excluding hydrogens is 365 g/mol. The van der Waals surface area contributed by atoms with Gasteiger partial charge in [0, 0.05) is 9.26 Å². The molecule has 2 rings (SSSR count). The summed E-state index contributed by atoms with van der Waals surface area (Å²) in [6.07, 6.45) is 0.333. The summed E-state index contributed by atoms with van der Waals surface area (Å²) in [6, 6.07) is 15.5. The van der Waals surface area contributed by atoms with Gasteiger partial charge in [-0.2, -0.15) is 0 Å². The highest BCUT2D eigenvalue weighted by Crippen LogP contribution is 2.13. The predicted octanol–water partition coefficient (Wildman–Crippen LogP) is 4.01. The largest absolute Gasteiger partial charge is 0.493 e. The van der Waals surface area contributed by atoms with Crippen molar-refractivity contribution < 1.29 is 9.53 Å². The fraction of sp³-hybridized carbons (Fsp3) is 0.188. The molecule has 3 nitrogen and oxygen atoms in total. The number of hydrogen-bond acceptors (Lipinski definition) is 2. The Morgan fingerprint density at radius 2 is 1.95 bits per heavy atom. The van der Waals surface area contributed by atoms with Gasteiger partial charge in [-0.25, -0.2) is 0 Å². The van der Waals surface area contributed by atoms with E-state index in [1.165, 1.54) is 5.56 Å². The lowest BCUT2D eigenvalue weighted by Crippen LogP contribution is -2.15. The number of amides is 1. The summed E-state index contributed by atoms with van der Waals surface area (Å²) in [5.74, 6) is 0.747. The minimum Gasteiger partial charge on any atom is -0.493 e. The van der Waals surface area contributed by atoms with Crippen molar-refractivity contribution in [2.24, 2.45) is 0 Å². The Balaban J connectivity index is 1.76. The molecule has 0 aliphatic carbocycles. The zero-order chi connectivity index (χ0) is 14.4. The third-order valence-electron chi connectivity index (χ3n) is 2.73. The summed E-state index contributed by atoms with van der Waals surface area (Å²) in [7, 11) is 0. The minimum atomic E-state index is -0.0425. The first-order valence-electron chi connectivity index (χ1n) is 6.38. The second-order valence-corrected chi connectivity index (χ2v) is 5.72. The first kappa shape index (κ1) is 14.8. The summed E-state index contributed by atoms with van der Waals surface area (Å²) < 4.78 is 6.62. The van der Waals surface area contributed by atoms with Crippen LogP contribution < -0.4 is 10.1 Å². The minimum absolute atomic E-state index is 0.0425. The highest BCUT2D eigenvalue weighted by Gasteiger charge is 2.03. The molecule has 1 amide bonds. The average Bonchev–Trinajstić information content (AvgIpc) is 2.41. The third kappa shape index (κ3) is 4.85. The van der Waals surface area contributed by atoms with Crippen molar-refractivity contribution in [2.75, 3.05) is 11.9 Å². The lowest BCUT2D eigenvalue weighted by atomic mass is 10.2. The second kappa shape index (κ2) is 7.28. The number of benzene rings is 2. The SMILES string of the molecule is Cc1ccc(OCCC(=O)Nc2cccc(I)c2)cc1. The van der Waals surface area contributed by atoms with Gasteiger partial charge >= 0.3 is 0 Å². The van der Waals surface area contributed by atoms with Crippen molar-refractivity contribution in [2.45, 2.75) is 13.3 Å². The number of hydrogen-bond donors (Lipinski definition) is 1. The standard InChI is InChI=1S/C16H16INO2/c1-12-5-7-15(8-6-12)20-10-9-16(19)18-14-4-2-3-13(17)11-14/h2-8,11H,9-10H2,1H3,(H,18,19). The smallest absolute Gasteiger partial charge is 0.227 e. The average molecular weight is 381 g/mol. The quantitative estimate of drug-likeness (QED) is 0.795. The molecule has 0 aromatic heterocycles. The van der Waals surface area contributed by atoms with E-state index in [0.717, 1.165) is 15.0 Å². The monoisotopic (exact) mass is 381 g/mol. The highest BCUT2D eigenvalue weighted by atomic mass is 127. The molecule has 2 aromatic rings. The van der Waals surface area contributed by atoms with Crippen molar-refractivity contribution in [1.29, 1.82) is 0 Å². The van der Waals surface area contributed by atoms with E-state index in [9.17, 15) is 4.79 Å². The molecule has 0 saturated heterocycles. The van der Waals surface area contributed by atoms with Gasteiger partial charge < -0.3 is 10.1 Å². The summed E-state index contributed by atoms with van der Waals surface area (Å²) >= 11 is 2.22. The molecule has 0 aliphatic heterocycles. The van der Waals surface area contributed by atoms with Gasteiger partial charge in [0.2, 0.25) is 5.91 Å². The molecular formula is C16H16INO2. The molecule has 0 radical (unpaired) electrons. The van der Waals surface area contributed by atoms with Crippen molar-refractivity contribution in [3.05, 3.63) is 57.7 Å². The molecule has 0 saturated carbocycles. The fourth-order valence-electron chi connectivity index (χ4n) is 1.69. The van der Waals surface area contributed by atoms with E-state index in [-0.39, 0.29) is 5.91 Å². The normalized spacial score (nSPS) is 10.1. The van der Waals surface area contributed by atoms with E-state index < -0.39 is 0 Å². The van der Waals surface area contributed by atoms with Crippen molar-refractivity contribution >= 4 is 34.2 Å². The molecule has 0 atom stereocenters. The maximum Gasteiger partial charge on any atom is 0.227 e. The zero-order valence-electron chi connectivity index (χ0n) is 11.2. The second-order valence-electron chi connectivity index (χ2n) is 4.47. The Kier molecular flexibility index (Phi) is 5.40. The number of aryl methyl sites for hydroxylation is 1. The first-order chi connectivity index (χ1) is 9.63. The van der Waals surface area contributed by atoms with Gasteiger partial charge in [-0.3, -0.25) is 4.79 Å². The predicted molar refractivity (Wildman–Crippen MR) is 89.1 cm³/mol. The Hall–Kier alpha value is -1.56. The molecule has 0 fully saturated rings. The van der Waals surface area contributed by atoms with Gasteiger partial charge in [0.15, 0.2) is 0 Å². The summed E-state index contributed by atoms with van der Waals surface area (Å²) in [5, 5.41) is 2.85. The number of halogens is 1. The van der Waals surface area contributed by atoms with Crippen LogP contribution in [0.5, 0.6) is 5.75 Å². The number of carbonyl (C=O) groups excluding carboxylic acids is 1. The number of ether oxygens (including phenoxy) is 1. The maximum absolute atomic E-state index is 11.8. The van der Waals surface area contributed by atoms with E-state index >= 15 is 0 Å². The van der Waals surface area contributed by atoms with Crippen molar-refractivity contribution in [1.82, 2.24) is 0 Å². The third-order valence-corrected chi connectivity index (χ3v) is 3.40. The van der Waals surface area contributed by atoms with E-state index in [0.29, 0.717) is 13.0 Å². The van der Waals surface area contributed by atoms with Crippen LogP contribution in [0.15, 0.2) is 48.5 Å². The van der Waals surface area contributed by atoms with Crippen LogP contribution in [0.1, 0.15) is 12.0 Å². The van der Waals surface area contributed by atoms with Crippen LogP contribution in [-0.2, 0) is 4.79 Å². The van der Waals surface area contributed by atoms with Gasteiger partial charge in [-0.05, 0) is 59.8 Å². The first-order valence-corrected chi connectivity index (χ1v) is 7.46. The van der Waals surface area contributed by atoms with E-state index in [2.05, 4.69) is 27.9 Å². The molecule has 20 heavy (non-hydrogen) atoms. The molecule has 104 valence electrons. The van der Waals surface area contributed by atoms with Crippen LogP contribution in [0.3, 0.4) is 0 Å². The maximum atomic E-state index is 11.8. The van der Waals surface area contributed by atoms with Gasteiger partial charge in [-0.1, -0.05) is 23.8 Å². The summed E-state index contributed by atoms with van der Waals surface area (Å²) in [5.41, 5.74) is 2.01. The molecule has 2 aromatic carbocycles. The van der Waals surface area contributed by atoms with Crippen molar-refractivity contribution in [3.8, 4) is 5.75 Å². The van der Waals surface area contributed by atoms with Gasteiger partial charge in [0.1, 0.15) is 5.75 Å². The topological polar surface area (TPSA) is 38.3 Å². The summed E-state index contributed by atoms with van der Waals surface area (Å²) in [6.45, 7) is 2.40. The van der Waals surface area contributed by atoms with Crippen LogP contribution in [0.25, 0.3) is 0 Å². The lowest BCUT2D eigenvalue weighted by molar-refractivity contribution is -0.116. The molecule has 0 unspecified atom stereocenters. The number of carbonyl (C=O) groups is 1. The van der Waals surface area contributed by atoms with Crippen LogP contribution in [0.2, 0.25) is 0 Å². The van der Waals surface area contributed by atoms with Gasteiger partial charge in [0.25, 0.3) is 0 Å².